The Balaban J connectivity index is 2.29. The van der Waals surface area contributed by atoms with Crippen LogP contribution in [-0.2, 0) is 0 Å². The molecule has 1 aliphatic heterocycles. The van der Waals surface area contributed by atoms with E-state index in [4.69, 9.17) is 5.73 Å². The molecule has 2 rings (SSSR count). The minimum Gasteiger partial charge on any atom is -0.366 e. The third kappa shape index (κ3) is 2.15. The maximum absolute atomic E-state index is 11.2. The van der Waals surface area contributed by atoms with Gasteiger partial charge in [0.2, 0.25) is 0 Å². The summed E-state index contributed by atoms with van der Waals surface area (Å²) in [4.78, 5) is 15.5. The number of pyridine rings is 1. The van der Waals surface area contributed by atoms with E-state index in [0.29, 0.717) is 11.5 Å². The standard InChI is InChI=1S/C11H15N3O/c12-11(15)9-4-2-6-14-10(9)8-3-1-5-13-7-8/h2,4,6,8,13H,1,3,5,7H2,(H2,12,15). The average molecular weight is 205 g/mol. The van der Waals surface area contributed by atoms with E-state index < -0.39 is 0 Å². The fraction of sp³-hybridized carbons (Fsp3) is 0.455. The van der Waals surface area contributed by atoms with Crippen molar-refractivity contribution in [1.82, 2.24) is 10.3 Å². The van der Waals surface area contributed by atoms with Crippen LogP contribution in [0.2, 0.25) is 0 Å². The van der Waals surface area contributed by atoms with Crippen molar-refractivity contribution in [3.8, 4) is 0 Å². The predicted molar refractivity (Wildman–Crippen MR) is 57.6 cm³/mol. The summed E-state index contributed by atoms with van der Waals surface area (Å²) in [6.07, 6.45) is 3.92. The summed E-state index contributed by atoms with van der Waals surface area (Å²) in [7, 11) is 0. The largest absolute Gasteiger partial charge is 0.366 e. The molecule has 0 radical (unpaired) electrons. The first-order valence-corrected chi connectivity index (χ1v) is 5.24. The van der Waals surface area contributed by atoms with Gasteiger partial charge in [-0.1, -0.05) is 0 Å². The molecule has 0 aromatic carbocycles. The smallest absolute Gasteiger partial charge is 0.250 e. The first-order chi connectivity index (χ1) is 7.29. The Morgan fingerprint density at radius 1 is 1.60 bits per heavy atom. The molecule has 0 bridgehead atoms. The number of hydrogen-bond acceptors (Lipinski definition) is 3. The van der Waals surface area contributed by atoms with Gasteiger partial charge in [-0.2, -0.15) is 0 Å². The van der Waals surface area contributed by atoms with Crippen LogP contribution in [0.15, 0.2) is 18.3 Å². The molecular formula is C11H15N3O. The second-order valence-electron chi connectivity index (χ2n) is 3.84. The number of primary amides is 1. The number of nitrogens with one attached hydrogen (secondary N) is 1. The van der Waals surface area contributed by atoms with Crippen LogP contribution in [0.1, 0.15) is 34.8 Å². The first-order valence-electron chi connectivity index (χ1n) is 5.24. The van der Waals surface area contributed by atoms with Crippen molar-refractivity contribution < 1.29 is 4.79 Å². The lowest BCUT2D eigenvalue weighted by Crippen LogP contribution is -2.30. The molecule has 1 aromatic heterocycles. The predicted octanol–water partition coefficient (Wildman–Crippen LogP) is 0.647. The summed E-state index contributed by atoms with van der Waals surface area (Å²) in [5, 5.41) is 3.31. The van der Waals surface area contributed by atoms with E-state index in [0.717, 1.165) is 31.6 Å². The van der Waals surface area contributed by atoms with Gasteiger partial charge >= 0.3 is 0 Å². The van der Waals surface area contributed by atoms with Gasteiger partial charge in [-0.15, -0.1) is 0 Å². The minimum absolute atomic E-state index is 0.322. The third-order valence-corrected chi connectivity index (χ3v) is 2.79. The van der Waals surface area contributed by atoms with E-state index in [1.807, 2.05) is 0 Å². The molecule has 3 N–H and O–H groups in total. The van der Waals surface area contributed by atoms with E-state index in [9.17, 15) is 4.79 Å². The Labute approximate surface area is 88.9 Å². The molecule has 2 heterocycles. The van der Waals surface area contributed by atoms with Crippen LogP contribution in [0, 0.1) is 0 Å². The second-order valence-corrected chi connectivity index (χ2v) is 3.84. The van der Waals surface area contributed by atoms with Gasteiger partial charge in [0.25, 0.3) is 5.91 Å². The number of nitrogens with zero attached hydrogens (tertiary/aromatic N) is 1. The normalized spacial score (nSPS) is 21.2. The Morgan fingerprint density at radius 3 is 3.13 bits per heavy atom. The number of carbonyl (C=O) groups excluding carboxylic acids is 1. The number of hydrogen-bond donors (Lipinski definition) is 2. The van der Waals surface area contributed by atoms with Crippen LogP contribution in [0.3, 0.4) is 0 Å². The van der Waals surface area contributed by atoms with Crippen molar-refractivity contribution in [2.24, 2.45) is 5.73 Å². The molecule has 0 saturated carbocycles. The SMILES string of the molecule is NC(=O)c1cccnc1C1CCCNC1. The van der Waals surface area contributed by atoms with Crippen LogP contribution in [0.25, 0.3) is 0 Å². The summed E-state index contributed by atoms with van der Waals surface area (Å²) in [5.41, 5.74) is 6.73. The quantitative estimate of drug-likeness (QED) is 0.744. The molecule has 1 atom stereocenters. The molecule has 1 aromatic rings. The molecule has 15 heavy (non-hydrogen) atoms. The zero-order valence-corrected chi connectivity index (χ0v) is 8.57. The summed E-state index contributed by atoms with van der Waals surface area (Å²) < 4.78 is 0. The number of piperidine rings is 1. The van der Waals surface area contributed by atoms with Gasteiger partial charge in [0.15, 0.2) is 0 Å². The Hall–Kier alpha value is -1.42. The number of carbonyl (C=O) groups is 1. The van der Waals surface area contributed by atoms with Gasteiger partial charge in [0, 0.05) is 18.7 Å². The summed E-state index contributed by atoms with van der Waals surface area (Å²) >= 11 is 0. The van der Waals surface area contributed by atoms with Crippen molar-refractivity contribution in [2.45, 2.75) is 18.8 Å². The molecule has 0 spiro atoms. The van der Waals surface area contributed by atoms with Gasteiger partial charge in [-0.05, 0) is 31.5 Å². The molecule has 0 aliphatic carbocycles. The highest BCUT2D eigenvalue weighted by atomic mass is 16.1. The van der Waals surface area contributed by atoms with Gasteiger partial charge in [0.1, 0.15) is 0 Å². The highest BCUT2D eigenvalue weighted by Crippen LogP contribution is 2.23. The zero-order valence-electron chi connectivity index (χ0n) is 8.57. The third-order valence-electron chi connectivity index (χ3n) is 2.79. The van der Waals surface area contributed by atoms with Crippen LogP contribution in [0.4, 0.5) is 0 Å². The molecule has 4 nitrogen and oxygen atoms in total. The highest BCUT2D eigenvalue weighted by Gasteiger charge is 2.20. The van der Waals surface area contributed by atoms with Crippen LogP contribution >= 0.6 is 0 Å². The number of amides is 1. The fourth-order valence-corrected chi connectivity index (χ4v) is 2.04. The number of nitrogens with two attached hydrogens (primary N) is 1. The van der Waals surface area contributed by atoms with Crippen molar-refractivity contribution >= 4 is 5.91 Å². The van der Waals surface area contributed by atoms with E-state index in [1.165, 1.54) is 0 Å². The van der Waals surface area contributed by atoms with E-state index in [-0.39, 0.29) is 5.91 Å². The number of aromatic nitrogens is 1. The van der Waals surface area contributed by atoms with Crippen molar-refractivity contribution in [3.05, 3.63) is 29.6 Å². The Bertz CT molecular complexity index is 359. The molecular weight excluding hydrogens is 190 g/mol. The average Bonchev–Trinajstić information content (AvgIpc) is 2.30. The van der Waals surface area contributed by atoms with Gasteiger partial charge < -0.3 is 11.1 Å². The van der Waals surface area contributed by atoms with E-state index in [2.05, 4.69) is 10.3 Å². The van der Waals surface area contributed by atoms with Crippen molar-refractivity contribution in [1.29, 1.82) is 0 Å². The highest BCUT2D eigenvalue weighted by molar-refractivity contribution is 5.94. The molecule has 1 unspecified atom stereocenters. The molecule has 1 saturated heterocycles. The van der Waals surface area contributed by atoms with Gasteiger partial charge in [-0.25, -0.2) is 0 Å². The second kappa shape index (κ2) is 4.40. The van der Waals surface area contributed by atoms with E-state index in [1.54, 1.807) is 18.3 Å². The Morgan fingerprint density at radius 2 is 2.47 bits per heavy atom. The lowest BCUT2D eigenvalue weighted by molar-refractivity contribution is 0.0998. The molecule has 1 amide bonds. The zero-order chi connectivity index (χ0) is 10.7. The fourth-order valence-electron chi connectivity index (χ4n) is 2.04. The van der Waals surface area contributed by atoms with Gasteiger partial charge in [-0.3, -0.25) is 9.78 Å². The van der Waals surface area contributed by atoms with E-state index >= 15 is 0 Å². The lowest BCUT2D eigenvalue weighted by atomic mass is 9.92. The topological polar surface area (TPSA) is 68.0 Å². The maximum Gasteiger partial charge on any atom is 0.250 e. The molecule has 1 fully saturated rings. The summed E-state index contributed by atoms with van der Waals surface area (Å²) in [5.74, 6) is -0.0638. The molecule has 80 valence electrons. The summed E-state index contributed by atoms with van der Waals surface area (Å²) in [6.45, 7) is 1.94. The van der Waals surface area contributed by atoms with Crippen LogP contribution < -0.4 is 11.1 Å². The molecule has 1 aliphatic rings. The van der Waals surface area contributed by atoms with Gasteiger partial charge in [0.05, 0.1) is 11.3 Å². The molecule has 4 heteroatoms. The summed E-state index contributed by atoms with van der Waals surface area (Å²) in [6, 6.07) is 3.50. The van der Waals surface area contributed by atoms with Crippen molar-refractivity contribution in [3.63, 3.8) is 0 Å². The maximum atomic E-state index is 11.2. The first kappa shape index (κ1) is 10.1. The monoisotopic (exact) mass is 205 g/mol. The lowest BCUT2D eigenvalue weighted by Gasteiger charge is -2.23. The van der Waals surface area contributed by atoms with Crippen LogP contribution in [-0.4, -0.2) is 24.0 Å². The number of rotatable bonds is 2. The minimum atomic E-state index is -0.385. The Kier molecular flexibility index (Phi) is 2.97. The van der Waals surface area contributed by atoms with Crippen LogP contribution in [0.5, 0.6) is 0 Å². The van der Waals surface area contributed by atoms with Crippen molar-refractivity contribution in [2.75, 3.05) is 13.1 Å².